The van der Waals surface area contributed by atoms with Crippen LogP contribution in [0.15, 0.2) is 18.2 Å². The lowest BCUT2D eigenvalue weighted by Crippen LogP contribution is -2.57. The predicted molar refractivity (Wildman–Crippen MR) is 71.9 cm³/mol. The van der Waals surface area contributed by atoms with Crippen LogP contribution in [0.1, 0.15) is 12.5 Å². The van der Waals surface area contributed by atoms with Crippen molar-refractivity contribution in [2.75, 3.05) is 0 Å². The summed E-state index contributed by atoms with van der Waals surface area (Å²) in [7, 11) is 0. The van der Waals surface area contributed by atoms with Crippen LogP contribution in [0.4, 0.5) is 5.69 Å². The lowest BCUT2D eigenvalue weighted by atomic mass is 10.0. The maximum absolute atomic E-state index is 11.0. The van der Waals surface area contributed by atoms with Crippen molar-refractivity contribution >= 4 is 5.69 Å². The molecule has 0 unspecified atom stereocenters. The van der Waals surface area contributed by atoms with Gasteiger partial charge in [0.05, 0.1) is 11.0 Å². The molecule has 0 amide bonds. The van der Waals surface area contributed by atoms with E-state index in [0.717, 1.165) is 0 Å². The summed E-state index contributed by atoms with van der Waals surface area (Å²) < 4.78 is 5.15. The van der Waals surface area contributed by atoms with Crippen molar-refractivity contribution in [3.63, 3.8) is 0 Å². The molecule has 1 aliphatic rings. The van der Waals surface area contributed by atoms with Crippen LogP contribution in [0.25, 0.3) is 0 Å². The lowest BCUT2D eigenvalue weighted by Gasteiger charge is -2.37. The SMILES string of the molecule is Cc1ccc(OO[C@@H]2O[C@H](C)[C@@H](O)[C@H](O)[C@H]2O)c([N+](=O)[O-])c1. The Hall–Kier alpha value is -1.78. The summed E-state index contributed by atoms with van der Waals surface area (Å²) in [5.41, 5.74) is 0.360. The van der Waals surface area contributed by atoms with Crippen LogP contribution in [0.3, 0.4) is 0 Å². The minimum absolute atomic E-state index is 0.167. The molecule has 122 valence electrons. The van der Waals surface area contributed by atoms with Crippen LogP contribution in [-0.4, -0.2) is 50.9 Å². The largest absolute Gasteiger partial charge is 0.388 e. The smallest absolute Gasteiger partial charge is 0.315 e. The van der Waals surface area contributed by atoms with Gasteiger partial charge in [-0.15, -0.1) is 0 Å². The molecule has 0 aromatic heterocycles. The number of aliphatic hydroxyl groups excluding tert-OH is 3. The Kier molecular flexibility index (Phi) is 4.94. The number of hydrogen-bond acceptors (Lipinski definition) is 8. The van der Waals surface area contributed by atoms with E-state index in [2.05, 4.69) is 0 Å². The molecule has 5 atom stereocenters. The zero-order chi connectivity index (χ0) is 16.4. The average molecular weight is 315 g/mol. The van der Waals surface area contributed by atoms with Gasteiger partial charge < -0.3 is 24.9 Å². The monoisotopic (exact) mass is 315 g/mol. The first kappa shape index (κ1) is 16.6. The predicted octanol–water partition coefficient (Wildman–Crippen LogP) is 0.0411. The molecule has 9 heteroatoms. The number of benzene rings is 1. The van der Waals surface area contributed by atoms with Gasteiger partial charge in [-0.25, -0.2) is 0 Å². The maximum Gasteiger partial charge on any atom is 0.315 e. The zero-order valence-electron chi connectivity index (χ0n) is 11.9. The van der Waals surface area contributed by atoms with Crippen LogP contribution >= 0.6 is 0 Å². The van der Waals surface area contributed by atoms with Gasteiger partial charge in [0.2, 0.25) is 12.0 Å². The van der Waals surface area contributed by atoms with Gasteiger partial charge in [0.15, 0.2) is 0 Å². The quantitative estimate of drug-likeness (QED) is 0.403. The molecule has 1 saturated heterocycles. The molecular weight excluding hydrogens is 298 g/mol. The third kappa shape index (κ3) is 3.34. The van der Waals surface area contributed by atoms with E-state index < -0.39 is 35.6 Å². The molecule has 0 radical (unpaired) electrons. The molecule has 2 rings (SSSR count). The highest BCUT2D eigenvalue weighted by Gasteiger charge is 2.43. The molecule has 0 aliphatic carbocycles. The van der Waals surface area contributed by atoms with Crippen LogP contribution in [0.5, 0.6) is 5.75 Å². The highest BCUT2D eigenvalue weighted by molar-refractivity contribution is 5.48. The Bertz CT molecular complexity index is 551. The van der Waals surface area contributed by atoms with E-state index in [1.807, 2.05) is 0 Å². The summed E-state index contributed by atoms with van der Waals surface area (Å²) in [5.74, 6) is -0.167. The van der Waals surface area contributed by atoms with E-state index in [-0.39, 0.29) is 11.4 Å². The fourth-order valence-electron chi connectivity index (χ4n) is 2.03. The first-order valence-electron chi connectivity index (χ1n) is 6.59. The maximum atomic E-state index is 11.0. The fourth-order valence-corrected chi connectivity index (χ4v) is 2.03. The van der Waals surface area contributed by atoms with E-state index in [1.54, 1.807) is 13.0 Å². The number of rotatable bonds is 4. The minimum Gasteiger partial charge on any atom is -0.388 e. The molecule has 1 heterocycles. The van der Waals surface area contributed by atoms with Crippen LogP contribution in [0.2, 0.25) is 0 Å². The highest BCUT2D eigenvalue weighted by Crippen LogP contribution is 2.29. The number of ether oxygens (including phenoxy) is 1. The summed E-state index contributed by atoms with van der Waals surface area (Å²) in [4.78, 5) is 20.0. The average Bonchev–Trinajstić information content (AvgIpc) is 2.48. The second-order valence-corrected chi connectivity index (χ2v) is 5.09. The molecule has 1 fully saturated rings. The van der Waals surface area contributed by atoms with Gasteiger partial charge in [0, 0.05) is 6.07 Å². The summed E-state index contributed by atoms with van der Waals surface area (Å²) in [5, 5.41) is 39.9. The van der Waals surface area contributed by atoms with Gasteiger partial charge in [0.1, 0.15) is 18.3 Å². The van der Waals surface area contributed by atoms with Crippen LogP contribution in [-0.2, 0) is 9.62 Å². The molecule has 3 N–H and O–H groups in total. The van der Waals surface area contributed by atoms with E-state index in [9.17, 15) is 25.4 Å². The summed E-state index contributed by atoms with van der Waals surface area (Å²) in [6.45, 7) is 3.16. The first-order valence-corrected chi connectivity index (χ1v) is 6.59. The van der Waals surface area contributed by atoms with E-state index >= 15 is 0 Å². The molecule has 1 aliphatic heterocycles. The second kappa shape index (κ2) is 6.55. The van der Waals surface area contributed by atoms with Gasteiger partial charge in [-0.05, 0) is 25.5 Å². The van der Waals surface area contributed by atoms with Crippen LogP contribution < -0.4 is 4.89 Å². The van der Waals surface area contributed by atoms with Crippen molar-refractivity contribution in [2.24, 2.45) is 0 Å². The second-order valence-electron chi connectivity index (χ2n) is 5.09. The third-order valence-corrected chi connectivity index (χ3v) is 3.35. The Balaban J connectivity index is 2.08. The van der Waals surface area contributed by atoms with Gasteiger partial charge >= 0.3 is 5.69 Å². The number of aliphatic hydroxyl groups is 3. The molecule has 0 bridgehead atoms. The number of hydrogen-bond donors (Lipinski definition) is 3. The molecule has 0 saturated carbocycles. The standard InChI is InChI=1S/C13H17NO8/c1-6-3-4-9(8(5-6)14(18)19)21-22-13-12(17)11(16)10(15)7(2)20-13/h3-5,7,10-13,15-17H,1-2H3/t7-,10-,11+,12-,13+/m1/s1. The normalized spacial score (nSPS) is 31.8. The molecule has 22 heavy (non-hydrogen) atoms. The van der Waals surface area contributed by atoms with E-state index in [1.165, 1.54) is 19.1 Å². The van der Waals surface area contributed by atoms with Crippen LogP contribution in [0, 0.1) is 17.0 Å². The molecule has 9 nitrogen and oxygen atoms in total. The Morgan fingerprint density at radius 1 is 1.23 bits per heavy atom. The first-order chi connectivity index (χ1) is 10.3. The van der Waals surface area contributed by atoms with Crippen molar-refractivity contribution in [1.29, 1.82) is 0 Å². The van der Waals surface area contributed by atoms with Crippen molar-refractivity contribution < 1.29 is 34.8 Å². The topological polar surface area (TPSA) is 132 Å². The lowest BCUT2D eigenvalue weighted by molar-refractivity contribution is -0.402. The molecule has 1 aromatic rings. The van der Waals surface area contributed by atoms with Gasteiger partial charge in [0.25, 0.3) is 0 Å². The van der Waals surface area contributed by atoms with Crippen molar-refractivity contribution in [1.82, 2.24) is 0 Å². The molecule has 1 aromatic carbocycles. The Labute approximate surface area is 125 Å². The fraction of sp³-hybridized carbons (Fsp3) is 0.538. The number of nitrogens with zero attached hydrogens (tertiary/aromatic N) is 1. The minimum atomic E-state index is -1.56. The van der Waals surface area contributed by atoms with Gasteiger partial charge in [-0.2, -0.15) is 4.89 Å². The third-order valence-electron chi connectivity index (χ3n) is 3.35. The number of nitro groups is 1. The summed E-state index contributed by atoms with van der Waals surface area (Å²) in [6.07, 6.45) is -6.51. The summed E-state index contributed by atoms with van der Waals surface area (Å²) in [6, 6.07) is 4.24. The van der Waals surface area contributed by atoms with Crippen molar-refractivity contribution in [3.05, 3.63) is 33.9 Å². The number of aryl methyl sites for hydroxylation is 1. The number of nitro benzene ring substituents is 1. The van der Waals surface area contributed by atoms with E-state index in [4.69, 9.17) is 14.5 Å². The van der Waals surface area contributed by atoms with Gasteiger partial charge in [-0.1, -0.05) is 6.07 Å². The highest BCUT2D eigenvalue weighted by atomic mass is 17.2. The molecular formula is C13H17NO8. The van der Waals surface area contributed by atoms with E-state index in [0.29, 0.717) is 5.56 Å². The van der Waals surface area contributed by atoms with Crippen molar-refractivity contribution in [2.45, 2.75) is 44.6 Å². The summed E-state index contributed by atoms with van der Waals surface area (Å²) >= 11 is 0. The molecule has 0 spiro atoms. The van der Waals surface area contributed by atoms with Crippen molar-refractivity contribution in [3.8, 4) is 5.75 Å². The Morgan fingerprint density at radius 2 is 1.91 bits per heavy atom. The van der Waals surface area contributed by atoms with Gasteiger partial charge in [-0.3, -0.25) is 10.1 Å². The Morgan fingerprint density at radius 3 is 2.55 bits per heavy atom. The zero-order valence-corrected chi connectivity index (χ0v) is 11.9.